The lowest BCUT2D eigenvalue weighted by Crippen LogP contribution is -2.38. The van der Waals surface area contributed by atoms with Gasteiger partial charge in [0.2, 0.25) is 5.91 Å². The van der Waals surface area contributed by atoms with Crippen molar-refractivity contribution in [2.45, 2.75) is 52.1 Å². The zero-order valence-electron chi connectivity index (χ0n) is 9.55. The fourth-order valence-electron chi connectivity index (χ4n) is 1.98. The van der Waals surface area contributed by atoms with E-state index in [1.54, 1.807) is 0 Å². The van der Waals surface area contributed by atoms with E-state index in [0.29, 0.717) is 11.9 Å². The molecule has 0 bridgehead atoms. The van der Waals surface area contributed by atoms with Gasteiger partial charge in [0.05, 0.1) is 6.04 Å². The Balaban J connectivity index is 0.000000461. The molecule has 3 nitrogen and oxygen atoms in total. The van der Waals surface area contributed by atoms with Gasteiger partial charge in [-0.2, -0.15) is 0 Å². The molecule has 2 atom stereocenters. The third-order valence-electron chi connectivity index (χ3n) is 2.84. The molecule has 0 aromatic rings. The number of amides is 1. The van der Waals surface area contributed by atoms with Crippen LogP contribution in [0.4, 0.5) is 0 Å². The summed E-state index contributed by atoms with van der Waals surface area (Å²) in [7, 11) is 0. The number of nitrogens with zero attached hydrogens (tertiary/aromatic N) is 1. The van der Waals surface area contributed by atoms with Crippen LogP contribution in [0.15, 0.2) is 0 Å². The summed E-state index contributed by atoms with van der Waals surface area (Å²) in [6, 6.07) is 0.692. The van der Waals surface area contributed by atoms with Gasteiger partial charge >= 0.3 is 0 Å². The predicted molar refractivity (Wildman–Crippen MR) is 58.2 cm³/mol. The zero-order valence-corrected chi connectivity index (χ0v) is 9.55. The molecule has 14 heavy (non-hydrogen) atoms. The van der Waals surface area contributed by atoms with Gasteiger partial charge in [-0.05, 0) is 19.3 Å². The summed E-state index contributed by atoms with van der Waals surface area (Å²) < 4.78 is 0. The first-order valence-electron chi connectivity index (χ1n) is 5.86. The van der Waals surface area contributed by atoms with E-state index in [2.05, 4.69) is 17.1 Å². The van der Waals surface area contributed by atoms with Gasteiger partial charge in [-0.1, -0.05) is 20.8 Å². The second kappa shape index (κ2) is 5.35. The highest BCUT2D eigenvalue weighted by Gasteiger charge is 2.37. The molecule has 2 aliphatic heterocycles. The normalized spacial score (nSPS) is 29.5. The molecule has 2 saturated heterocycles. The Labute approximate surface area is 86.9 Å². The lowest BCUT2D eigenvalue weighted by molar-refractivity contribution is -0.131. The highest BCUT2D eigenvalue weighted by atomic mass is 16.2. The van der Waals surface area contributed by atoms with E-state index in [4.69, 9.17) is 0 Å². The van der Waals surface area contributed by atoms with Crippen molar-refractivity contribution in [1.29, 1.82) is 0 Å². The molecule has 2 rings (SSSR count). The maximum atomic E-state index is 11.6. The molecule has 1 N–H and O–H groups in total. The minimum atomic E-state index is 0.164. The lowest BCUT2D eigenvalue weighted by atomic mass is 10.1. The van der Waals surface area contributed by atoms with Crippen LogP contribution in [0, 0.1) is 0 Å². The van der Waals surface area contributed by atoms with Crippen LogP contribution in [0.2, 0.25) is 0 Å². The van der Waals surface area contributed by atoms with Gasteiger partial charge in [-0.15, -0.1) is 0 Å². The van der Waals surface area contributed by atoms with Crippen molar-refractivity contribution in [3.8, 4) is 0 Å². The van der Waals surface area contributed by atoms with Crippen LogP contribution in [0.1, 0.15) is 40.0 Å². The molecule has 1 amide bonds. The fraction of sp³-hybridized carbons (Fsp3) is 0.909. The van der Waals surface area contributed by atoms with Crippen LogP contribution in [-0.2, 0) is 4.79 Å². The highest BCUT2D eigenvalue weighted by Crippen LogP contribution is 2.21. The summed E-state index contributed by atoms with van der Waals surface area (Å²) in [5.41, 5.74) is 0. The molecule has 2 unspecified atom stereocenters. The van der Waals surface area contributed by atoms with Gasteiger partial charge in [0.15, 0.2) is 0 Å². The van der Waals surface area contributed by atoms with E-state index in [9.17, 15) is 4.79 Å². The summed E-state index contributed by atoms with van der Waals surface area (Å²) in [6.45, 7) is 8.04. The molecule has 3 heteroatoms. The second-order valence-corrected chi connectivity index (χ2v) is 3.70. The maximum absolute atomic E-state index is 11.6. The van der Waals surface area contributed by atoms with E-state index in [0.717, 1.165) is 19.5 Å². The molecule has 0 saturated carbocycles. The molecule has 0 aromatic heterocycles. The SMILES string of the molecule is CC.CCC1CCCN1C(=O)C1CN1. The third-order valence-corrected chi connectivity index (χ3v) is 2.84. The number of likely N-dealkylation sites (tertiary alicyclic amines) is 1. The Hall–Kier alpha value is -0.570. The molecular weight excluding hydrogens is 176 g/mol. The van der Waals surface area contributed by atoms with E-state index >= 15 is 0 Å². The van der Waals surface area contributed by atoms with Crippen molar-refractivity contribution in [2.24, 2.45) is 0 Å². The largest absolute Gasteiger partial charge is 0.338 e. The number of hydrogen-bond acceptors (Lipinski definition) is 2. The molecule has 0 aliphatic carbocycles. The Morgan fingerprint density at radius 1 is 1.50 bits per heavy atom. The molecule has 0 aromatic carbocycles. The van der Waals surface area contributed by atoms with Crippen LogP contribution in [0.5, 0.6) is 0 Å². The van der Waals surface area contributed by atoms with Gasteiger partial charge in [0.25, 0.3) is 0 Å². The maximum Gasteiger partial charge on any atom is 0.241 e. The Kier molecular flexibility index (Phi) is 4.39. The zero-order chi connectivity index (χ0) is 10.6. The third kappa shape index (κ3) is 2.47. The Morgan fingerprint density at radius 2 is 2.14 bits per heavy atom. The van der Waals surface area contributed by atoms with E-state index in [1.165, 1.54) is 12.8 Å². The fourth-order valence-corrected chi connectivity index (χ4v) is 1.98. The summed E-state index contributed by atoms with van der Waals surface area (Å²) in [6.07, 6.45) is 3.50. The van der Waals surface area contributed by atoms with Crippen LogP contribution in [0.25, 0.3) is 0 Å². The monoisotopic (exact) mass is 198 g/mol. The summed E-state index contributed by atoms with van der Waals surface area (Å²) in [5.74, 6) is 0.333. The summed E-state index contributed by atoms with van der Waals surface area (Å²) in [5, 5.41) is 3.06. The minimum Gasteiger partial charge on any atom is -0.338 e. The van der Waals surface area contributed by atoms with E-state index < -0.39 is 0 Å². The number of rotatable bonds is 2. The first-order valence-corrected chi connectivity index (χ1v) is 5.86. The van der Waals surface area contributed by atoms with Gasteiger partial charge < -0.3 is 10.2 Å². The molecule has 0 spiro atoms. The van der Waals surface area contributed by atoms with Gasteiger partial charge in [0, 0.05) is 19.1 Å². The van der Waals surface area contributed by atoms with E-state index in [1.807, 2.05) is 13.8 Å². The van der Waals surface area contributed by atoms with Gasteiger partial charge in [0.1, 0.15) is 0 Å². The molecule has 82 valence electrons. The number of carbonyl (C=O) groups excluding carboxylic acids is 1. The minimum absolute atomic E-state index is 0.164. The average Bonchev–Trinajstić information content (AvgIpc) is 2.98. The summed E-state index contributed by atoms with van der Waals surface area (Å²) in [4.78, 5) is 13.7. The smallest absolute Gasteiger partial charge is 0.241 e. The number of hydrogen-bond donors (Lipinski definition) is 1. The highest BCUT2D eigenvalue weighted by molar-refractivity contribution is 5.85. The molecular formula is C11H22N2O. The Morgan fingerprint density at radius 3 is 2.64 bits per heavy atom. The van der Waals surface area contributed by atoms with Crippen LogP contribution >= 0.6 is 0 Å². The first kappa shape index (κ1) is 11.5. The molecule has 2 fully saturated rings. The predicted octanol–water partition coefficient (Wildman–Crippen LogP) is 1.39. The van der Waals surface area contributed by atoms with Crippen molar-refractivity contribution in [1.82, 2.24) is 10.2 Å². The Bertz CT molecular complexity index is 190. The lowest BCUT2D eigenvalue weighted by Gasteiger charge is -2.22. The quantitative estimate of drug-likeness (QED) is 0.681. The van der Waals surface area contributed by atoms with Crippen molar-refractivity contribution < 1.29 is 4.79 Å². The van der Waals surface area contributed by atoms with Crippen molar-refractivity contribution in [3.05, 3.63) is 0 Å². The first-order chi connectivity index (χ1) is 6.83. The van der Waals surface area contributed by atoms with Crippen molar-refractivity contribution >= 4 is 5.91 Å². The van der Waals surface area contributed by atoms with Gasteiger partial charge in [-0.3, -0.25) is 4.79 Å². The standard InChI is InChI=1S/C9H16N2O.C2H6/c1-2-7-4-3-5-11(7)9(12)8-6-10-8;1-2/h7-8,10H,2-6H2,1H3;1-2H3. The van der Waals surface area contributed by atoms with Gasteiger partial charge in [-0.25, -0.2) is 0 Å². The van der Waals surface area contributed by atoms with Crippen LogP contribution in [0.3, 0.4) is 0 Å². The van der Waals surface area contributed by atoms with Crippen molar-refractivity contribution in [3.63, 3.8) is 0 Å². The number of nitrogens with one attached hydrogen (secondary N) is 1. The van der Waals surface area contributed by atoms with E-state index in [-0.39, 0.29) is 6.04 Å². The van der Waals surface area contributed by atoms with Crippen LogP contribution < -0.4 is 5.32 Å². The molecule has 0 radical (unpaired) electrons. The number of carbonyl (C=O) groups is 1. The summed E-state index contributed by atoms with van der Waals surface area (Å²) >= 11 is 0. The van der Waals surface area contributed by atoms with Crippen molar-refractivity contribution in [2.75, 3.05) is 13.1 Å². The van der Waals surface area contributed by atoms with Crippen LogP contribution in [-0.4, -0.2) is 36.0 Å². The molecule has 2 aliphatic rings. The molecule has 2 heterocycles. The average molecular weight is 198 g/mol. The second-order valence-electron chi connectivity index (χ2n) is 3.70. The topological polar surface area (TPSA) is 42.2 Å².